The predicted octanol–water partition coefficient (Wildman–Crippen LogP) is 2.32. The van der Waals surface area contributed by atoms with Crippen LogP contribution in [0.3, 0.4) is 0 Å². The Bertz CT molecular complexity index is 809. The molecule has 2 aromatic rings. The number of hydrogen-bond acceptors (Lipinski definition) is 3. The molecule has 0 N–H and O–H groups in total. The van der Waals surface area contributed by atoms with Gasteiger partial charge < -0.3 is 9.80 Å². The maximum atomic E-state index is 12.7. The SMILES string of the molecule is C[C@H]1C(=O)N(Cc2ccccc2)CC(=O)N1Cc1ccc(C#N)cc1. The van der Waals surface area contributed by atoms with Crippen LogP contribution in [0.5, 0.6) is 0 Å². The van der Waals surface area contributed by atoms with Crippen molar-refractivity contribution >= 4 is 11.8 Å². The molecule has 0 radical (unpaired) electrons. The molecule has 1 saturated heterocycles. The van der Waals surface area contributed by atoms with Crippen LogP contribution in [0.2, 0.25) is 0 Å². The molecule has 5 nitrogen and oxygen atoms in total. The third-order valence-electron chi connectivity index (χ3n) is 4.44. The largest absolute Gasteiger partial charge is 0.327 e. The highest BCUT2D eigenvalue weighted by molar-refractivity contribution is 5.94. The molecule has 2 aromatic carbocycles. The third kappa shape index (κ3) is 3.69. The normalized spacial score (nSPS) is 17.5. The molecule has 126 valence electrons. The minimum absolute atomic E-state index is 0.0444. The Morgan fingerprint density at radius 2 is 1.64 bits per heavy atom. The van der Waals surface area contributed by atoms with Gasteiger partial charge in [0.1, 0.15) is 12.6 Å². The van der Waals surface area contributed by atoms with E-state index in [1.165, 1.54) is 0 Å². The number of piperazine rings is 1. The third-order valence-corrected chi connectivity index (χ3v) is 4.44. The molecular weight excluding hydrogens is 314 g/mol. The molecule has 2 amide bonds. The van der Waals surface area contributed by atoms with Crippen molar-refractivity contribution in [1.29, 1.82) is 5.26 Å². The first kappa shape index (κ1) is 16.7. The summed E-state index contributed by atoms with van der Waals surface area (Å²) in [5, 5.41) is 8.85. The van der Waals surface area contributed by atoms with E-state index < -0.39 is 6.04 Å². The van der Waals surface area contributed by atoms with Gasteiger partial charge in [-0.1, -0.05) is 42.5 Å². The summed E-state index contributed by atoms with van der Waals surface area (Å²) >= 11 is 0. The minimum Gasteiger partial charge on any atom is -0.327 e. The Morgan fingerprint density at radius 3 is 2.28 bits per heavy atom. The van der Waals surface area contributed by atoms with E-state index in [2.05, 4.69) is 6.07 Å². The lowest BCUT2D eigenvalue weighted by atomic mass is 10.1. The van der Waals surface area contributed by atoms with E-state index in [0.29, 0.717) is 18.7 Å². The molecule has 0 saturated carbocycles. The summed E-state index contributed by atoms with van der Waals surface area (Å²) < 4.78 is 0. The molecule has 3 rings (SSSR count). The van der Waals surface area contributed by atoms with E-state index in [1.54, 1.807) is 28.9 Å². The number of hydrogen-bond donors (Lipinski definition) is 0. The fraction of sp³-hybridized carbons (Fsp3) is 0.250. The Kier molecular flexibility index (Phi) is 4.80. The molecular formula is C20H19N3O2. The zero-order valence-electron chi connectivity index (χ0n) is 14.1. The van der Waals surface area contributed by atoms with Crippen molar-refractivity contribution in [2.24, 2.45) is 0 Å². The first-order valence-electron chi connectivity index (χ1n) is 8.19. The molecule has 0 aliphatic carbocycles. The van der Waals surface area contributed by atoms with E-state index in [0.717, 1.165) is 11.1 Å². The number of nitriles is 1. The van der Waals surface area contributed by atoms with Crippen molar-refractivity contribution in [2.45, 2.75) is 26.1 Å². The van der Waals surface area contributed by atoms with Gasteiger partial charge in [0, 0.05) is 13.1 Å². The van der Waals surface area contributed by atoms with E-state index in [-0.39, 0.29) is 18.4 Å². The summed E-state index contributed by atoms with van der Waals surface area (Å²) in [6.07, 6.45) is 0. The van der Waals surface area contributed by atoms with Gasteiger partial charge in [0.15, 0.2) is 0 Å². The Balaban J connectivity index is 1.70. The van der Waals surface area contributed by atoms with Gasteiger partial charge in [-0.2, -0.15) is 5.26 Å². The summed E-state index contributed by atoms with van der Waals surface area (Å²) in [5.74, 6) is -0.107. The van der Waals surface area contributed by atoms with E-state index in [4.69, 9.17) is 5.26 Å². The second-order valence-corrected chi connectivity index (χ2v) is 6.19. The number of carbonyl (C=O) groups excluding carboxylic acids is 2. The van der Waals surface area contributed by atoms with Crippen LogP contribution in [0.15, 0.2) is 54.6 Å². The molecule has 1 heterocycles. The van der Waals surface area contributed by atoms with E-state index in [1.807, 2.05) is 42.5 Å². The molecule has 1 atom stereocenters. The summed E-state index contributed by atoms with van der Waals surface area (Å²) in [5.41, 5.74) is 2.49. The van der Waals surface area contributed by atoms with Gasteiger partial charge >= 0.3 is 0 Å². The van der Waals surface area contributed by atoms with Crippen molar-refractivity contribution in [1.82, 2.24) is 9.80 Å². The zero-order chi connectivity index (χ0) is 17.8. The lowest BCUT2D eigenvalue weighted by molar-refractivity contribution is -0.156. The molecule has 25 heavy (non-hydrogen) atoms. The Morgan fingerprint density at radius 1 is 1.00 bits per heavy atom. The van der Waals surface area contributed by atoms with Gasteiger partial charge in [-0.05, 0) is 30.2 Å². The fourth-order valence-corrected chi connectivity index (χ4v) is 2.99. The average molecular weight is 333 g/mol. The second-order valence-electron chi connectivity index (χ2n) is 6.19. The van der Waals surface area contributed by atoms with Gasteiger partial charge in [-0.25, -0.2) is 0 Å². The highest BCUT2D eigenvalue weighted by Crippen LogP contribution is 2.18. The molecule has 5 heteroatoms. The van der Waals surface area contributed by atoms with Gasteiger partial charge in [0.25, 0.3) is 0 Å². The van der Waals surface area contributed by atoms with Crippen molar-refractivity contribution in [3.63, 3.8) is 0 Å². The van der Waals surface area contributed by atoms with Crippen molar-refractivity contribution in [2.75, 3.05) is 6.54 Å². The van der Waals surface area contributed by atoms with Crippen LogP contribution < -0.4 is 0 Å². The van der Waals surface area contributed by atoms with Gasteiger partial charge in [0.2, 0.25) is 11.8 Å². The van der Waals surface area contributed by atoms with E-state index in [9.17, 15) is 9.59 Å². The quantitative estimate of drug-likeness (QED) is 0.862. The standard InChI is InChI=1S/C20H19N3O2/c1-15-20(25)22(12-17-5-3-2-4-6-17)14-19(24)23(15)13-18-9-7-16(11-21)8-10-18/h2-10,15H,12-14H2,1H3/t15-/m0/s1. The van der Waals surface area contributed by atoms with Crippen molar-refractivity contribution < 1.29 is 9.59 Å². The first-order chi connectivity index (χ1) is 12.1. The van der Waals surface area contributed by atoms with E-state index >= 15 is 0 Å². The maximum Gasteiger partial charge on any atom is 0.245 e. The molecule has 0 aromatic heterocycles. The number of benzene rings is 2. The van der Waals surface area contributed by atoms with Crippen molar-refractivity contribution in [3.05, 3.63) is 71.3 Å². The molecule has 0 bridgehead atoms. The number of carbonyl (C=O) groups is 2. The average Bonchev–Trinajstić information content (AvgIpc) is 2.64. The maximum absolute atomic E-state index is 12.7. The van der Waals surface area contributed by atoms with Crippen LogP contribution in [0.4, 0.5) is 0 Å². The van der Waals surface area contributed by atoms with Crippen LogP contribution in [0, 0.1) is 11.3 Å². The number of rotatable bonds is 4. The van der Waals surface area contributed by atoms with Gasteiger partial charge in [-0.3, -0.25) is 9.59 Å². The molecule has 1 fully saturated rings. The predicted molar refractivity (Wildman–Crippen MR) is 93.0 cm³/mol. The van der Waals surface area contributed by atoms with Crippen molar-refractivity contribution in [3.8, 4) is 6.07 Å². The monoisotopic (exact) mass is 333 g/mol. The Hall–Kier alpha value is -3.13. The number of amides is 2. The highest BCUT2D eigenvalue weighted by Gasteiger charge is 2.36. The lowest BCUT2D eigenvalue weighted by Crippen LogP contribution is -2.57. The number of nitrogens with zero attached hydrogens (tertiary/aromatic N) is 3. The Labute approximate surface area is 147 Å². The topological polar surface area (TPSA) is 64.4 Å². The molecule has 0 spiro atoms. The lowest BCUT2D eigenvalue weighted by Gasteiger charge is -2.38. The summed E-state index contributed by atoms with van der Waals surface area (Å²) in [6.45, 7) is 2.67. The van der Waals surface area contributed by atoms with Crippen LogP contribution in [-0.2, 0) is 22.7 Å². The van der Waals surface area contributed by atoms with Gasteiger partial charge in [0.05, 0.1) is 11.6 Å². The van der Waals surface area contributed by atoms with Crippen LogP contribution >= 0.6 is 0 Å². The smallest absolute Gasteiger partial charge is 0.245 e. The molecule has 1 aliphatic rings. The summed E-state index contributed by atoms with van der Waals surface area (Å²) in [4.78, 5) is 28.4. The zero-order valence-corrected chi connectivity index (χ0v) is 14.1. The summed E-state index contributed by atoms with van der Waals surface area (Å²) in [6, 6.07) is 18.3. The fourth-order valence-electron chi connectivity index (χ4n) is 2.99. The molecule has 0 unspecified atom stereocenters. The minimum atomic E-state index is -0.499. The summed E-state index contributed by atoms with van der Waals surface area (Å²) in [7, 11) is 0. The van der Waals surface area contributed by atoms with Crippen LogP contribution in [0.1, 0.15) is 23.6 Å². The van der Waals surface area contributed by atoms with Crippen LogP contribution in [0.25, 0.3) is 0 Å². The molecule has 1 aliphatic heterocycles. The second kappa shape index (κ2) is 7.18. The van der Waals surface area contributed by atoms with Gasteiger partial charge in [-0.15, -0.1) is 0 Å². The highest BCUT2D eigenvalue weighted by atomic mass is 16.2. The van der Waals surface area contributed by atoms with Crippen LogP contribution in [-0.4, -0.2) is 34.2 Å². The first-order valence-corrected chi connectivity index (χ1v) is 8.19.